The van der Waals surface area contributed by atoms with Gasteiger partial charge in [0.05, 0.1) is 6.20 Å². The highest BCUT2D eigenvalue weighted by Gasteiger charge is 2.07. The molecule has 0 saturated heterocycles. The number of nitrogens with one attached hydrogen (secondary N) is 2. The van der Waals surface area contributed by atoms with E-state index in [-0.39, 0.29) is 0 Å². The molecule has 0 bridgehead atoms. The van der Waals surface area contributed by atoms with Crippen LogP contribution in [0.15, 0.2) is 28.3 Å². The second-order valence-electron chi connectivity index (χ2n) is 3.38. The predicted molar refractivity (Wildman–Crippen MR) is 65.9 cm³/mol. The molecule has 1 unspecified atom stereocenters. The molecule has 0 aliphatic rings. The van der Waals surface area contributed by atoms with Crippen molar-refractivity contribution in [2.24, 2.45) is 0 Å². The molecule has 1 atom stereocenters. The van der Waals surface area contributed by atoms with E-state index >= 15 is 0 Å². The van der Waals surface area contributed by atoms with E-state index in [1.165, 1.54) is 10.4 Å². The molecule has 3 nitrogen and oxygen atoms in total. The Bertz CT molecular complexity index is 410. The second-order valence-corrected chi connectivity index (χ2v) is 5.23. The summed E-state index contributed by atoms with van der Waals surface area (Å²) in [5, 5.41) is 12.3. The highest BCUT2D eigenvalue weighted by Crippen LogP contribution is 2.25. The SMILES string of the molecule is CC(NCc1cn[nH]c1)c1cc(Br)cs1. The maximum Gasteiger partial charge on any atom is 0.0532 e. The summed E-state index contributed by atoms with van der Waals surface area (Å²) in [7, 11) is 0. The lowest BCUT2D eigenvalue weighted by molar-refractivity contribution is 0.583. The van der Waals surface area contributed by atoms with Crippen LogP contribution in [0, 0.1) is 0 Å². The Morgan fingerprint density at radius 3 is 3.13 bits per heavy atom. The summed E-state index contributed by atoms with van der Waals surface area (Å²) in [5.41, 5.74) is 1.18. The van der Waals surface area contributed by atoms with Crippen LogP contribution < -0.4 is 5.32 Å². The Labute approximate surface area is 101 Å². The molecule has 2 N–H and O–H groups in total. The largest absolute Gasteiger partial charge is 0.305 e. The highest BCUT2D eigenvalue weighted by molar-refractivity contribution is 9.10. The lowest BCUT2D eigenvalue weighted by atomic mass is 10.2. The van der Waals surface area contributed by atoms with E-state index in [4.69, 9.17) is 0 Å². The van der Waals surface area contributed by atoms with Crippen LogP contribution in [0.2, 0.25) is 0 Å². The van der Waals surface area contributed by atoms with E-state index in [2.05, 4.69) is 49.8 Å². The summed E-state index contributed by atoms with van der Waals surface area (Å²) in [6.45, 7) is 3.01. The molecule has 2 aromatic rings. The number of halogens is 1. The zero-order valence-electron chi connectivity index (χ0n) is 8.33. The zero-order chi connectivity index (χ0) is 10.7. The second kappa shape index (κ2) is 4.92. The van der Waals surface area contributed by atoms with E-state index in [0.29, 0.717) is 6.04 Å². The van der Waals surface area contributed by atoms with Gasteiger partial charge in [0.2, 0.25) is 0 Å². The number of nitrogens with zero attached hydrogens (tertiary/aromatic N) is 1. The minimum atomic E-state index is 0.371. The Kier molecular flexibility index (Phi) is 3.56. The number of rotatable bonds is 4. The van der Waals surface area contributed by atoms with E-state index in [9.17, 15) is 0 Å². The number of H-pyrrole nitrogens is 1. The molecule has 0 fully saturated rings. The maximum atomic E-state index is 3.91. The molecule has 0 spiro atoms. The average molecular weight is 286 g/mol. The van der Waals surface area contributed by atoms with Crippen molar-refractivity contribution >= 4 is 27.3 Å². The predicted octanol–water partition coefficient (Wildman–Crippen LogP) is 3.08. The number of aromatic nitrogens is 2. The standard InChI is InChI=1S/C10H12BrN3S/c1-7(10-2-9(11)6-15-10)12-3-8-4-13-14-5-8/h2,4-7,12H,3H2,1H3,(H,13,14). The van der Waals surface area contributed by atoms with Crippen molar-refractivity contribution in [3.63, 3.8) is 0 Å². The summed E-state index contributed by atoms with van der Waals surface area (Å²) in [4.78, 5) is 1.34. The molecule has 0 aliphatic carbocycles. The van der Waals surface area contributed by atoms with Gasteiger partial charge in [-0.15, -0.1) is 11.3 Å². The third-order valence-electron chi connectivity index (χ3n) is 2.18. The third kappa shape index (κ3) is 2.90. The van der Waals surface area contributed by atoms with Crippen molar-refractivity contribution in [3.8, 4) is 0 Å². The Morgan fingerprint density at radius 1 is 1.67 bits per heavy atom. The third-order valence-corrected chi connectivity index (χ3v) is 4.06. The van der Waals surface area contributed by atoms with Gasteiger partial charge in [-0.3, -0.25) is 5.10 Å². The van der Waals surface area contributed by atoms with Crippen molar-refractivity contribution < 1.29 is 0 Å². The molecule has 0 saturated carbocycles. The van der Waals surface area contributed by atoms with Crippen molar-refractivity contribution in [1.29, 1.82) is 0 Å². The number of aromatic amines is 1. The normalized spacial score (nSPS) is 12.9. The van der Waals surface area contributed by atoms with Gasteiger partial charge < -0.3 is 5.32 Å². The van der Waals surface area contributed by atoms with Gasteiger partial charge >= 0.3 is 0 Å². The molecule has 2 aromatic heterocycles. The summed E-state index contributed by atoms with van der Waals surface area (Å²) >= 11 is 5.22. The quantitative estimate of drug-likeness (QED) is 0.906. The van der Waals surface area contributed by atoms with Crippen LogP contribution >= 0.6 is 27.3 Å². The number of thiophene rings is 1. The molecule has 0 amide bonds. The minimum absolute atomic E-state index is 0.371. The van der Waals surface area contributed by atoms with Gasteiger partial charge in [-0.05, 0) is 28.9 Å². The van der Waals surface area contributed by atoms with Gasteiger partial charge in [-0.25, -0.2) is 0 Å². The average Bonchev–Trinajstić information content (AvgIpc) is 2.84. The van der Waals surface area contributed by atoms with Crippen LogP contribution in [-0.2, 0) is 6.54 Å². The topological polar surface area (TPSA) is 40.7 Å². The Balaban J connectivity index is 1.90. The molecule has 80 valence electrons. The van der Waals surface area contributed by atoms with Crippen molar-refractivity contribution in [2.45, 2.75) is 19.5 Å². The Hall–Kier alpha value is -0.650. The Morgan fingerprint density at radius 2 is 2.53 bits per heavy atom. The molecule has 0 aliphatic heterocycles. The van der Waals surface area contributed by atoms with Crippen molar-refractivity contribution in [3.05, 3.63) is 38.8 Å². The minimum Gasteiger partial charge on any atom is -0.305 e. The van der Waals surface area contributed by atoms with E-state index in [1.54, 1.807) is 11.3 Å². The summed E-state index contributed by atoms with van der Waals surface area (Å²) < 4.78 is 1.15. The fraction of sp³-hybridized carbons (Fsp3) is 0.300. The first kappa shape index (κ1) is 10.9. The van der Waals surface area contributed by atoms with Crippen LogP contribution in [-0.4, -0.2) is 10.2 Å². The molecule has 0 radical (unpaired) electrons. The lowest BCUT2D eigenvalue weighted by Crippen LogP contribution is -2.16. The molecule has 2 heterocycles. The van der Waals surface area contributed by atoms with Gasteiger partial charge in [0.1, 0.15) is 0 Å². The van der Waals surface area contributed by atoms with Crippen LogP contribution in [0.4, 0.5) is 0 Å². The van der Waals surface area contributed by atoms with Gasteiger partial charge in [0.25, 0.3) is 0 Å². The van der Waals surface area contributed by atoms with Crippen LogP contribution in [0.1, 0.15) is 23.4 Å². The molecule has 5 heteroatoms. The highest BCUT2D eigenvalue weighted by atomic mass is 79.9. The number of hydrogen-bond donors (Lipinski definition) is 2. The maximum absolute atomic E-state index is 3.91. The van der Waals surface area contributed by atoms with E-state index in [0.717, 1.165) is 11.0 Å². The van der Waals surface area contributed by atoms with Crippen molar-refractivity contribution in [2.75, 3.05) is 0 Å². The molecule has 0 aromatic carbocycles. The summed E-state index contributed by atoms with van der Waals surface area (Å²) in [5.74, 6) is 0. The lowest BCUT2D eigenvalue weighted by Gasteiger charge is -2.10. The van der Waals surface area contributed by atoms with Gasteiger partial charge in [0, 0.05) is 39.1 Å². The first-order valence-corrected chi connectivity index (χ1v) is 6.38. The van der Waals surface area contributed by atoms with Gasteiger partial charge in [0.15, 0.2) is 0 Å². The smallest absolute Gasteiger partial charge is 0.0532 e. The fourth-order valence-electron chi connectivity index (χ4n) is 1.30. The monoisotopic (exact) mass is 285 g/mol. The zero-order valence-corrected chi connectivity index (χ0v) is 10.7. The van der Waals surface area contributed by atoms with E-state index < -0.39 is 0 Å². The summed E-state index contributed by atoms with van der Waals surface area (Å²) in [6.07, 6.45) is 3.74. The molecular formula is C10H12BrN3S. The molecule has 2 rings (SSSR count). The fourth-order valence-corrected chi connectivity index (χ4v) is 2.78. The van der Waals surface area contributed by atoms with E-state index in [1.807, 2.05) is 12.4 Å². The van der Waals surface area contributed by atoms with Crippen LogP contribution in [0.25, 0.3) is 0 Å². The van der Waals surface area contributed by atoms with Crippen LogP contribution in [0.3, 0.4) is 0 Å². The first-order chi connectivity index (χ1) is 7.25. The summed E-state index contributed by atoms with van der Waals surface area (Å²) in [6, 6.07) is 2.52. The first-order valence-electron chi connectivity index (χ1n) is 4.70. The van der Waals surface area contributed by atoms with Gasteiger partial charge in [-0.1, -0.05) is 0 Å². The molecular weight excluding hydrogens is 274 g/mol. The van der Waals surface area contributed by atoms with Crippen molar-refractivity contribution in [1.82, 2.24) is 15.5 Å². The number of hydrogen-bond acceptors (Lipinski definition) is 3. The molecule has 15 heavy (non-hydrogen) atoms. The van der Waals surface area contributed by atoms with Gasteiger partial charge in [-0.2, -0.15) is 5.10 Å². The van der Waals surface area contributed by atoms with Crippen LogP contribution in [0.5, 0.6) is 0 Å².